The Morgan fingerprint density at radius 2 is 2.00 bits per heavy atom. The standard InChI is InChI=1S/C20H23N3O/c1-14-4-3-10-23(11-9-14)20-19-17-7-6-16(24-2)12-15(17)5-8-18(19)21-13-22-20/h5-8,12-14H,3-4,9-11H2,1-2H3. The molecule has 24 heavy (non-hydrogen) atoms. The van der Waals surface area contributed by atoms with Gasteiger partial charge in [-0.1, -0.05) is 13.0 Å². The van der Waals surface area contributed by atoms with Crippen LogP contribution in [-0.2, 0) is 0 Å². The van der Waals surface area contributed by atoms with E-state index < -0.39 is 0 Å². The highest BCUT2D eigenvalue weighted by Crippen LogP contribution is 2.33. The number of ether oxygens (including phenoxy) is 1. The van der Waals surface area contributed by atoms with Crippen LogP contribution < -0.4 is 9.64 Å². The first-order valence-corrected chi connectivity index (χ1v) is 8.72. The van der Waals surface area contributed by atoms with Crippen LogP contribution in [0.3, 0.4) is 0 Å². The van der Waals surface area contributed by atoms with Gasteiger partial charge in [0.1, 0.15) is 17.9 Å². The maximum absolute atomic E-state index is 5.37. The maximum Gasteiger partial charge on any atom is 0.140 e. The molecule has 1 fully saturated rings. The Bertz CT molecular complexity index is 877. The lowest BCUT2D eigenvalue weighted by Gasteiger charge is -2.23. The largest absolute Gasteiger partial charge is 0.497 e. The lowest BCUT2D eigenvalue weighted by molar-refractivity contribution is 0.415. The SMILES string of the molecule is COc1ccc2c(ccc3ncnc(N4CCCC(C)CC4)c32)c1. The van der Waals surface area contributed by atoms with Gasteiger partial charge in [0.15, 0.2) is 0 Å². The summed E-state index contributed by atoms with van der Waals surface area (Å²) in [6.45, 7) is 4.49. The quantitative estimate of drug-likeness (QED) is 0.655. The topological polar surface area (TPSA) is 38.3 Å². The normalized spacial score (nSPS) is 18.8. The number of hydrogen-bond donors (Lipinski definition) is 0. The first-order valence-electron chi connectivity index (χ1n) is 8.72. The van der Waals surface area contributed by atoms with Gasteiger partial charge in [-0.15, -0.1) is 0 Å². The smallest absolute Gasteiger partial charge is 0.140 e. The van der Waals surface area contributed by atoms with Gasteiger partial charge in [0.2, 0.25) is 0 Å². The van der Waals surface area contributed by atoms with Crippen molar-refractivity contribution in [1.29, 1.82) is 0 Å². The van der Waals surface area contributed by atoms with Crippen molar-refractivity contribution in [3.63, 3.8) is 0 Å². The van der Waals surface area contributed by atoms with Gasteiger partial charge in [-0.05, 0) is 60.2 Å². The molecule has 2 heterocycles. The number of fused-ring (bicyclic) bond motifs is 3. The molecular weight excluding hydrogens is 298 g/mol. The van der Waals surface area contributed by atoms with Gasteiger partial charge in [0, 0.05) is 13.1 Å². The second kappa shape index (κ2) is 6.27. The number of benzene rings is 2. The highest BCUT2D eigenvalue weighted by Gasteiger charge is 2.18. The molecule has 1 aliphatic heterocycles. The number of aromatic nitrogens is 2. The molecule has 1 aromatic heterocycles. The molecule has 4 rings (SSSR count). The lowest BCUT2D eigenvalue weighted by atomic mass is 10.0. The molecule has 4 nitrogen and oxygen atoms in total. The van der Waals surface area contributed by atoms with Crippen molar-refractivity contribution in [2.75, 3.05) is 25.1 Å². The lowest BCUT2D eigenvalue weighted by Crippen LogP contribution is -2.25. The molecule has 1 aliphatic rings. The minimum Gasteiger partial charge on any atom is -0.497 e. The van der Waals surface area contributed by atoms with E-state index >= 15 is 0 Å². The predicted octanol–water partition coefficient (Wildman–Crippen LogP) is 4.42. The highest BCUT2D eigenvalue weighted by molar-refractivity contribution is 6.11. The zero-order valence-corrected chi connectivity index (χ0v) is 14.3. The highest BCUT2D eigenvalue weighted by atomic mass is 16.5. The zero-order valence-electron chi connectivity index (χ0n) is 14.3. The molecule has 0 amide bonds. The number of methoxy groups -OCH3 is 1. The third-order valence-corrected chi connectivity index (χ3v) is 5.12. The first kappa shape index (κ1) is 15.2. The van der Waals surface area contributed by atoms with Crippen molar-refractivity contribution in [3.05, 3.63) is 36.7 Å². The molecule has 124 valence electrons. The summed E-state index contributed by atoms with van der Waals surface area (Å²) in [5.74, 6) is 2.75. The summed E-state index contributed by atoms with van der Waals surface area (Å²) < 4.78 is 5.37. The molecule has 0 aliphatic carbocycles. The van der Waals surface area contributed by atoms with Gasteiger partial charge in [0.25, 0.3) is 0 Å². The van der Waals surface area contributed by atoms with Crippen LogP contribution in [0.2, 0.25) is 0 Å². The Kier molecular flexibility index (Phi) is 3.97. The summed E-state index contributed by atoms with van der Waals surface area (Å²) in [6.07, 6.45) is 5.45. The third kappa shape index (κ3) is 2.66. The van der Waals surface area contributed by atoms with Crippen LogP contribution in [0, 0.1) is 5.92 Å². The molecule has 0 bridgehead atoms. The van der Waals surface area contributed by atoms with E-state index in [-0.39, 0.29) is 0 Å². The van der Waals surface area contributed by atoms with Gasteiger partial charge in [-0.25, -0.2) is 9.97 Å². The van der Waals surface area contributed by atoms with Crippen molar-refractivity contribution < 1.29 is 4.74 Å². The zero-order chi connectivity index (χ0) is 16.5. The number of anilines is 1. The Morgan fingerprint density at radius 3 is 2.88 bits per heavy atom. The molecule has 0 N–H and O–H groups in total. The molecule has 2 aromatic carbocycles. The molecule has 4 heteroatoms. The summed E-state index contributed by atoms with van der Waals surface area (Å²) in [6, 6.07) is 10.4. The van der Waals surface area contributed by atoms with Gasteiger partial charge >= 0.3 is 0 Å². The van der Waals surface area contributed by atoms with E-state index in [0.29, 0.717) is 0 Å². The van der Waals surface area contributed by atoms with Crippen LogP contribution in [0.1, 0.15) is 26.2 Å². The average Bonchev–Trinajstić information content (AvgIpc) is 2.85. The minimum absolute atomic E-state index is 0.795. The Hall–Kier alpha value is -2.36. The number of nitrogens with zero attached hydrogens (tertiary/aromatic N) is 3. The maximum atomic E-state index is 5.37. The molecular formula is C20H23N3O. The fraction of sp³-hybridized carbons (Fsp3) is 0.400. The van der Waals surface area contributed by atoms with Gasteiger partial charge in [-0.3, -0.25) is 0 Å². The summed E-state index contributed by atoms with van der Waals surface area (Å²) in [5.41, 5.74) is 1.01. The molecule has 0 spiro atoms. The van der Waals surface area contributed by atoms with E-state index in [4.69, 9.17) is 4.74 Å². The van der Waals surface area contributed by atoms with Crippen LogP contribution >= 0.6 is 0 Å². The summed E-state index contributed by atoms with van der Waals surface area (Å²) in [5, 5.41) is 3.52. The Balaban J connectivity index is 1.90. The first-order chi connectivity index (χ1) is 11.8. The van der Waals surface area contributed by atoms with E-state index in [1.54, 1.807) is 13.4 Å². The van der Waals surface area contributed by atoms with E-state index in [1.165, 1.54) is 30.0 Å². The van der Waals surface area contributed by atoms with Crippen molar-refractivity contribution >= 4 is 27.5 Å². The van der Waals surface area contributed by atoms with E-state index in [1.807, 2.05) is 6.07 Å². The van der Waals surface area contributed by atoms with Gasteiger partial charge < -0.3 is 9.64 Å². The van der Waals surface area contributed by atoms with Crippen molar-refractivity contribution in [1.82, 2.24) is 9.97 Å². The van der Waals surface area contributed by atoms with Gasteiger partial charge in [0.05, 0.1) is 18.0 Å². The van der Waals surface area contributed by atoms with Crippen LogP contribution in [0.5, 0.6) is 5.75 Å². The van der Waals surface area contributed by atoms with Crippen molar-refractivity contribution in [3.8, 4) is 5.75 Å². The summed E-state index contributed by atoms with van der Waals surface area (Å²) >= 11 is 0. The molecule has 1 saturated heterocycles. The van der Waals surface area contributed by atoms with Crippen LogP contribution in [0.15, 0.2) is 36.7 Å². The van der Waals surface area contributed by atoms with E-state index in [2.05, 4.69) is 46.1 Å². The second-order valence-electron chi connectivity index (χ2n) is 6.77. The van der Waals surface area contributed by atoms with Gasteiger partial charge in [-0.2, -0.15) is 0 Å². The third-order valence-electron chi connectivity index (χ3n) is 5.12. The van der Waals surface area contributed by atoms with E-state index in [9.17, 15) is 0 Å². The molecule has 3 aromatic rings. The van der Waals surface area contributed by atoms with Crippen LogP contribution in [-0.4, -0.2) is 30.2 Å². The monoisotopic (exact) mass is 321 g/mol. The van der Waals surface area contributed by atoms with Crippen molar-refractivity contribution in [2.45, 2.75) is 26.2 Å². The fourth-order valence-corrected chi connectivity index (χ4v) is 3.69. The molecule has 0 radical (unpaired) electrons. The molecule has 0 saturated carbocycles. The average molecular weight is 321 g/mol. The minimum atomic E-state index is 0.795. The number of rotatable bonds is 2. The summed E-state index contributed by atoms with van der Waals surface area (Å²) in [4.78, 5) is 11.6. The Morgan fingerprint density at radius 1 is 1.08 bits per heavy atom. The predicted molar refractivity (Wildman–Crippen MR) is 98.8 cm³/mol. The van der Waals surface area contributed by atoms with Crippen molar-refractivity contribution in [2.24, 2.45) is 5.92 Å². The molecule has 1 unspecified atom stereocenters. The summed E-state index contributed by atoms with van der Waals surface area (Å²) in [7, 11) is 1.70. The Labute approximate surface area is 142 Å². The second-order valence-corrected chi connectivity index (χ2v) is 6.77. The number of hydrogen-bond acceptors (Lipinski definition) is 4. The fourth-order valence-electron chi connectivity index (χ4n) is 3.69. The van der Waals surface area contributed by atoms with E-state index in [0.717, 1.165) is 41.5 Å². The van der Waals surface area contributed by atoms with Crippen LogP contribution in [0.25, 0.3) is 21.7 Å². The van der Waals surface area contributed by atoms with Crippen LogP contribution in [0.4, 0.5) is 5.82 Å². The molecule has 1 atom stereocenters.